The Morgan fingerprint density at radius 3 is 2.48 bits per heavy atom. The van der Waals surface area contributed by atoms with Crippen molar-refractivity contribution in [3.8, 4) is 17.2 Å². The molecule has 3 aliphatic heterocycles. The first-order valence-electron chi connectivity index (χ1n) is 10.2. The predicted molar refractivity (Wildman–Crippen MR) is 117 cm³/mol. The predicted octanol–water partition coefficient (Wildman–Crippen LogP) is 4.28. The van der Waals surface area contributed by atoms with Crippen LogP contribution < -0.4 is 24.4 Å². The lowest BCUT2D eigenvalue weighted by molar-refractivity contribution is -0.114. The Hall–Kier alpha value is -3.93. The molecule has 3 aromatic rings. The first-order valence-corrected chi connectivity index (χ1v) is 10.2. The van der Waals surface area contributed by atoms with E-state index in [4.69, 9.17) is 14.2 Å². The van der Waals surface area contributed by atoms with Crippen LogP contribution in [0.2, 0.25) is 0 Å². The van der Waals surface area contributed by atoms with Crippen molar-refractivity contribution in [3.05, 3.63) is 89.1 Å². The zero-order valence-corrected chi connectivity index (χ0v) is 16.9. The number of para-hydroxylation sites is 1. The standard InChI is InChI=1S/C25H20N2O4/c1-29-17-9-7-15(8-10-17)23-18-11-21-22(31-14-30-21)12-19(18)26-20-13-27(25(28)24(20)23)16-5-3-2-4-6-16/h2-12,23,26H,13-14H2,1H3. The number of ether oxygens (including phenoxy) is 3. The summed E-state index contributed by atoms with van der Waals surface area (Å²) in [6.07, 6.45) is 0. The minimum atomic E-state index is -0.215. The fraction of sp³-hybridized carbons (Fsp3) is 0.160. The molecule has 154 valence electrons. The molecule has 1 atom stereocenters. The second-order valence-electron chi connectivity index (χ2n) is 7.74. The largest absolute Gasteiger partial charge is 0.497 e. The van der Waals surface area contributed by atoms with Gasteiger partial charge in [-0.15, -0.1) is 0 Å². The topological polar surface area (TPSA) is 60.0 Å². The van der Waals surface area contributed by atoms with E-state index in [1.54, 1.807) is 7.11 Å². The summed E-state index contributed by atoms with van der Waals surface area (Å²) in [4.78, 5) is 15.5. The summed E-state index contributed by atoms with van der Waals surface area (Å²) in [5, 5.41) is 3.50. The molecule has 0 fully saturated rings. The third kappa shape index (κ3) is 2.75. The normalized spacial score (nSPS) is 18.5. The van der Waals surface area contributed by atoms with Gasteiger partial charge in [0.05, 0.1) is 19.2 Å². The number of fused-ring (bicyclic) bond motifs is 2. The number of nitrogens with one attached hydrogen (secondary N) is 1. The number of methoxy groups -OCH3 is 1. The van der Waals surface area contributed by atoms with E-state index in [9.17, 15) is 4.79 Å². The number of hydrogen-bond donors (Lipinski definition) is 1. The van der Waals surface area contributed by atoms with Gasteiger partial charge in [-0.3, -0.25) is 4.79 Å². The van der Waals surface area contributed by atoms with E-state index in [1.807, 2.05) is 71.6 Å². The molecule has 31 heavy (non-hydrogen) atoms. The van der Waals surface area contributed by atoms with Gasteiger partial charge in [0.1, 0.15) is 5.75 Å². The average molecular weight is 412 g/mol. The quantitative estimate of drug-likeness (QED) is 0.696. The average Bonchev–Trinajstić information content (AvgIpc) is 3.40. The van der Waals surface area contributed by atoms with Gasteiger partial charge < -0.3 is 24.4 Å². The van der Waals surface area contributed by atoms with Crippen molar-refractivity contribution < 1.29 is 19.0 Å². The molecule has 6 rings (SSSR count). The second kappa shape index (κ2) is 6.80. The minimum Gasteiger partial charge on any atom is -0.497 e. The summed E-state index contributed by atoms with van der Waals surface area (Å²) in [5.74, 6) is 1.99. The van der Waals surface area contributed by atoms with Gasteiger partial charge >= 0.3 is 0 Å². The summed E-state index contributed by atoms with van der Waals surface area (Å²) in [5.41, 5.74) is 5.53. The number of amides is 1. The Kier molecular flexibility index (Phi) is 3.93. The van der Waals surface area contributed by atoms with Crippen LogP contribution in [0.1, 0.15) is 17.0 Å². The Labute approximate surface area is 179 Å². The maximum absolute atomic E-state index is 13.6. The van der Waals surface area contributed by atoms with Crippen LogP contribution in [0.4, 0.5) is 11.4 Å². The summed E-state index contributed by atoms with van der Waals surface area (Å²) < 4.78 is 16.6. The molecule has 6 heteroatoms. The summed E-state index contributed by atoms with van der Waals surface area (Å²) in [6.45, 7) is 0.706. The molecule has 3 aromatic carbocycles. The van der Waals surface area contributed by atoms with Crippen LogP contribution in [0.25, 0.3) is 0 Å². The third-order valence-corrected chi connectivity index (χ3v) is 6.06. The first kappa shape index (κ1) is 17.9. The third-order valence-electron chi connectivity index (χ3n) is 6.06. The summed E-state index contributed by atoms with van der Waals surface area (Å²) >= 11 is 0. The summed E-state index contributed by atoms with van der Waals surface area (Å²) in [6, 6.07) is 21.6. The fourth-order valence-electron chi connectivity index (χ4n) is 4.58. The monoisotopic (exact) mass is 412 g/mol. The Balaban J connectivity index is 1.49. The van der Waals surface area contributed by atoms with Gasteiger partial charge in [0.15, 0.2) is 11.5 Å². The van der Waals surface area contributed by atoms with E-state index >= 15 is 0 Å². The van der Waals surface area contributed by atoms with Gasteiger partial charge in [-0.2, -0.15) is 0 Å². The highest BCUT2D eigenvalue weighted by atomic mass is 16.7. The molecule has 0 aromatic heterocycles. The number of anilines is 2. The van der Waals surface area contributed by atoms with Gasteiger partial charge in [0.2, 0.25) is 6.79 Å². The van der Waals surface area contributed by atoms with Crippen molar-refractivity contribution in [1.82, 2.24) is 0 Å². The maximum Gasteiger partial charge on any atom is 0.257 e. The second-order valence-corrected chi connectivity index (χ2v) is 7.74. The van der Waals surface area contributed by atoms with E-state index in [1.165, 1.54) is 0 Å². The Morgan fingerprint density at radius 1 is 1.00 bits per heavy atom. The van der Waals surface area contributed by atoms with Crippen LogP contribution in [0.15, 0.2) is 78.0 Å². The molecule has 6 nitrogen and oxygen atoms in total. The van der Waals surface area contributed by atoms with E-state index in [0.717, 1.165) is 39.5 Å². The SMILES string of the molecule is COc1ccc(C2C3=C(CN(c4ccccc4)C3=O)Nc3cc4c(cc32)OCO4)cc1. The lowest BCUT2D eigenvalue weighted by Crippen LogP contribution is -2.28. The molecule has 0 radical (unpaired) electrons. The first-order chi connectivity index (χ1) is 15.2. The molecule has 0 bridgehead atoms. The van der Waals surface area contributed by atoms with Crippen molar-refractivity contribution in [1.29, 1.82) is 0 Å². The molecule has 0 saturated heterocycles. The number of hydrogen-bond acceptors (Lipinski definition) is 5. The van der Waals surface area contributed by atoms with E-state index < -0.39 is 0 Å². The highest BCUT2D eigenvalue weighted by molar-refractivity contribution is 6.12. The Morgan fingerprint density at radius 2 is 1.74 bits per heavy atom. The highest BCUT2D eigenvalue weighted by Crippen LogP contribution is 2.49. The van der Waals surface area contributed by atoms with Gasteiger partial charge in [-0.25, -0.2) is 0 Å². The molecule has 1 amide bonds. The maximum atomic E-state index is 13.6. The van der Waals surface area contributed by atoms with Gasteiger partial charge in [0.25, 0.3) is 5.91 Å². The van der Waals surface area contributed by atoms with Crippen molar-refractivity contribution in [2.24, 2.45) is 0 Å². The molecule has 1 unspecified atom stereocenters. The van der Waals surface area contributed by atoms with Crippen molar-refractivity contribution >= 4 is 17.3 Å². The zero-order chi connectivity index (χ0) is 20.9. The van der Waals surface area contributed by atoms with Crippen LogP contribution in [-0.2, 0) is 4.79 Å². The van der Waals surface area contributed by atoms with E-state index in [-0.39, 0.29) is 18.6 Å². The fourth-order valence-corrected chi connectivity index (χ4v) is 4.58. The number of carbonyl (C=O) groups excluding carboxylic acids is 1. The molecule has 3 aliphatic rings. The number of benzene rings is 3. The van der Waals surface area contributed by atoms with Crippen LogP contribution in [-0.4, -0.2) is 26.4 Å². The number of nitrogens with zero attached hydrogens (tertiary/aromatic N) is 1. The van der Waals surface area contributed by atoms with Crippen molar-refractivity contribution in [2.75, 3.05) is 30.7 Å². The van der Waals surface area contributed by atoms with Gasteiger partial charge in [0, 0.05) is 29.1 Å². The molecule has 3 heterocycles. The molecule has 1 N–H and O–H groups in total. The number of rotatable bonds is 3. The molecule has 0 spiro atoms. The van der Waals surface area contributed by atoms with E-state index in [0.29, 0.717) is 18.0 Å². The van der Waals surface area contributed by atoms with Crippen LogP contribution in [0.5, 0.6) is 17.2 Å². The molecule has 0 saturated carbocycles. The summed E-state index contributed by atoms with van der Waals surface area (Å²) in [7, 11) is 1.65. The van der Waals surface area contributed by atoms with Crippen molar-refractivity contribution in [2.45, 2.75) is 5.92 Å². The number of carbonyl (C=O) groups is 1. The van der Waals surface area contributed by atoms with Crippen molar-refractivity contribution in [3.63, 3.8) is 0 Å². The molecular formula is C25H20N2O4. The lowest BCUT2D eigenvalue weighted by atomic mass is 9.81. The minimum absolute atomic E-state index is 0.0119. The zero-order valence-electron chi connectivity index (χ0n) is 16.9. The van der Waals surface area contributed by atoms with E-state index in [2.05, 4.69) is 5.32 Å². The Bertz CT molecular complexity index is 1220. The van der Waals surface area contributed by atoms with Crippen LogP contribution in [0.3, 0.4) is 0 Å². The van der Waals surface area contributed by atoms with Gasteiger partial charge in [-0.1, -0.05) is 30.3 Å². The highest BCUT2D eigenvalue weighted by Gasteiger charge is 2.42. The van der Waals surface area contributed by atoms with Crippen LogP contribution >= 0.6 is 0 Å². The van der Waals surface area contributed by atoms with Gasteiger partial charge in [-0.05, 0) is 41.5 Å². The lowest BCUT2D eigenvalue weighted by Gasteiger charge is -2.28. The van der Waals surface area contributed by atoms with Crippen LogP contribution in [0, 0.1) is 0 Å². The smallest absolute Gasteiger partial charge is 0.257 e. The molecular weight excluding hydrogens is 392 g/mol. The molecule has 0 aliphatic carbocycles.